The number of fused-ring (bicyclic) bond motifs is 3. The van der Waals surface area contributed by atoms with Crippen molar-refractivity contribution in [1.29, 1.82) is 0 Å². The molecule has 2 aliphatic carbocycles. The summed E-state index contributed by atoms with van der Waals surface area (Å²) in [6.07, 6.45) is 6.93. The van der Waals surface area contributed by atoms with E-state index < -0.39 is 0 Å². The fraction of sp³-hybridized carbons (Fsp3) is 0.429. The van der Waals surface area contributed by atoms with E-state index in [1.165, 1.54) is 53.3 Å². The average Bonchev–Trinajstić information content (AvgIpc) is 2.76. The zero-order valence-corrected chi connectivity index (χ0v) is 15.0. The molecule has 0 N–H and O–H groups in total. The summed E-state index contributed by atoms with van der Waals surface area (Å²) in [6, 6.07) is 13.9. The van der Waals surface area contributed by atoms with Crippen LogP contribution < -0.4 is 0 Å². The van der Waals surface area contributed by atoms with Crippen LogP contribution in [0.4, 0.5) is 0 Å². The lowest BCUT2D eigenvalue weighted by Gasteiger charge is -2.26. The molecule has 0 aliphatic heterocycles. The fourth-order valence-electron chi connectivity index (χ4n) is 4.54. The van der Waals surface area contributed by atoms with Crippen LogP contribution in [-0.4, -0.2) is 0 Å². The first-order chi connectivity index (χ1) is 10.6. The van der Waals surface area contributed by atoms with Gasteiger partial charge in [0.25, 0.3) is 0 Å². The Kier molecular flexibility index (Phi) is 3.45. The first-order valence-electron chi connectivity index (χ1n) is 8.53. The van der Waals surface area contributed by atoms with Crippen LogP contribution in [0, 0.1) is 0 Å². The normalized spacial score (nSPS) is 19.8. The summed E-state index contributed by atoms with van der Waals surface area (Å²) in [5.74, 6) is 0.758. The number of hydrogen-bond donors (Lipinski definition) is 0. The lowest BCUT2D eigenvalue weighted by atomic mass is 9.78. The Balaban J connectivity index is 1.94. The third-order valence-corrected chi connectivity index (χ3v) is 6.23. The van der Waals surface area contributed by atoms with E-state index in [9.17, 15) is 0 Å². The van der Waals surface area contributed by atoms with Crippen molar-refractivity contribution in [2.45, 2.75) is 57.3 Å². The molecule has 2 aromatic rings. The second kappa shape index (κ2) is 5.23. The Morgan fingerprint density at radius 2 is 1.73 bits per heavy atom. The maximum Gasteiger partial charge on any atom is 0.0178 e. The summed E-state index contributed by atoms with van der Waals surface area (Å²) in [4.78, 5) is 0. The average molecular weight is 355 g/mol. The van der Waals surface area contributed by atoms with Crippen LogP contribution in [0.3, 0.4) is 0 Å². The van der Waals surface area contributed by atoms with Gasteiger partial charge >= 0.3 is 0 Å². The largest absolute Gasteiger partial charge is 0.0616 e. The quantitative estimate of drug-likeness (QED) is 0.527. The van der Waals surface area contributed by atoms with E-state index in [4.69, 9.17) is 0 Å². The summed E-state index contributed by atoms with van der Waals surface area (Å²) < 4.78 is 1.19. The van der Waals surface area contributed by atoms with Gasteiger partial charge in [0, 0.05) is 9.89 Å². The lowest BCUT2D eigenvalue weighted by Crippen LogP contribution is -2.15. The van der Waals surface area contributed by atoms with Gasteiger partial charge in [0.2, 0.25) is 0 Å². The molecule has 114 valence electrons. The molecule has 0 unspecified atom stereocenters. The van der Waals surface area contributed by atoms with Crippen LogP contribution >= 0.6 is 15.9 Å². The maximum absolute atomic E-state index is 3.66. The summed E-state index contributed by atoms with van der Waals surface area (Å²) in [5.41, 5.74) is 7.71. The van der Waals surface area contributed by atoms with Gasteiger partial charge in [-0.15, -0.1) is 0 Å². The van der Waals surface area contributed by atoms with Crippen LogP contribution in [-0.2, 0) is 5.41 Å². The van der Waals surface area contributed by atoms with Gasteiger partial charge in [0.05, 0.1) is 0 Å². The lowest BCUT2D eigenvalue weighted by molar-refractivity contribution is 0.444. The van der Waals surface area contributed by atoms with E-state index in [1.54, 1.807) is 11.1 Å². The molecule has 2 aliphatic rings. The molecule has 0 atom stereocenters. The molecule has 0 nitrogen and oxygen atoms in total. The van der Waals surface area contributed by atoms with Crippen molar-refractivity contribution in [2.75, 3.05) is 0 Å². The number of rotatable bonds is 1. The smallest absolute Gasteiger partial charge is 0.0178 e. The van der Waals surface area contributed by atoms with E-state index in [0.717, 1.165) is 5.92 Å². The van der Waals surface area contributed by atoms with Crippen LogP contribution in [0.1, 0.15) is 68.6 Å². The predicted molar refractivity (Wildman–Crippen MR) is 97.5 cm³/mol. The molecule has 1 heteroatoms. The highest BCUT2D eigenvalue weighted by atomic mass is 79.9. The van der Waals surface area contributed by atoms with Gasteiger partial charge < -0.3 is 0 Å². The van der Waals surface area contributed by atoms with Crippen molar-refractivity contribution in [1.82, 2.24) is 0 Å². The summed E-state index contributed by atoms with van der Waals surface area (Å²) in [6.45, 7) is 4.74. The molecular formula is C21H23Br. The summed E-state index contributed by atoms with van der Waals surface area (Å²) >= 11 is 3.66. The maximum atomic E-state index is 3.66. The number of hydrogen-bond acceptors (Lipinski definition) is 0. The first kappa shape index (κ1) is 14.5. The molecule has 4 rings (SSSR count). The van der Waals surface area contributed by atoms with E-state index in [-0.39, 0.29) is 5.41 Å². The predicted octanol–water partition coefficient (Wildman–Crippen LogP) is 6.80. The van der Waals surface area contributed by atoms with Crippen LogP contribution in [0.15, 0.2) is 40.9 Å². The van der Waals surface area contributed by atoms with Crippen LogP contribution in [0.5, 0.6) is 0 Å². The fourth-order valence-corrected chi connectivity index (χ4v) is 4.90. The Labute approximate surface area is 142 Å². The molecule has 0 heterocycles. The van der Waals surface area contributed by atoms with Crippen LogP contribution in [0.2, 0.25) is 0 Å². The molecule has 0 amide bonds. The van der Waals surface area contributed by atoms with E-state index in [2.05, 4.69) is 66.2 Å². The van der Waals surface area contributed by atoms with Gasteiger partial charge in [0.15, 0.2) is 0 Å². The topological polar surface area (TPSA) is 0 Å². The third-order valence-electron chi connectivity index (χ3n) is 5.74. The minimum absolute atomic E-state index is 0.110. The van der Waals surface area contributed by atoms with E-state index >= 15 is 0 Å². The van der Waals surface area contributed by atoms with Gasteiger partial charge in [-0.3, -0.25) is 0 Å². The first-order valence-corrected chi connectivity index (χ1v) is 9.32. The van der Waals surface area contributed by atoms with Crippen LogP contribution in [0.25, 0.3) is 11.1 Å². The zero-order chi connectivity index (χ0) is 15.3. The van der Waals surface area contributed by atoms with Crippen molar-refractivity contribution in [3.05, 3.63) is 57.6 Å². The summed E-state index contributed by atoms with van der Waals surface area (Å²) in [5, 5.41) is 0. The Morgan fingerprint density at radius 1 is 0.955 bits per heavy atom. The second-order valence-electron chi connectivity index (χ2n) is 7.42. The molecule has 22 heavy (non-hydrogen) atoms. The van der Waals surface area contributed by atoms with Gasteiger partial charge in [0.1, 0.15) is 0 Å². The molecule has 1 saturated carbocycles. The van der Waals surface area contributed by atoms with Gasteiger partial charge in [-0.1, -0.05) is 73.3 Å². The second-order valence-corrected chi connectivity index (χ2v) is 8.34. The SMILES string of the molecule is CC1(C)c2cc(Br)ccc2-c2c(C3CCCCC3)cccc21. The van der Waals surface area contributed by atoms with Crippen molar-refractivity contribution >= 4 is 15.9 Å². The number of halogens is 1. The van der Waals surface area contributed by atoms with Gasteiger partial charge in [-0.2, -0.15) is 0 Å². The molecule has 0 saturated heterocycles. The highest BCUT2D eigenvalue weighted by Crippen LogP contribution is 2.52. The molecule has 0 bridgehead atoms. The Bertz CT molecular complexity index is 721. The molecule has 0 spiro atoms. The molecule has 2 aromatic carbocycles. The van der Waals surface area contributed by atoms with E-state index in [0.29, 0.717) is 0 Å². The van der Waals surface area contributed by atoms with Gasteiger partial charge in [-0.25, -0.2) is 0 Å². The zero-order valence-electron chi connectivity index (χ0n) is 13.5. The molecule has 1 fully saturated rings. The van der Waals surface area contributed by atoms with E-state index in [1.807, 2.05) is 0 Å². The van der Waals surface area contributed by atoms with Crippen molar-refractivity contribution in [2.24, 2.45) is 0 Å². The summed E-state index contributed by atoms with van der Waals surface area (Å²) in [7, 11) is 0. The third kappa shape index (κ3) is 2.09. The van der Waals surface area contributed by atoms with Gasteiger partial charge in [-0.05, 0) is 58.7 Å². The monoisotopic (exact) mass is 354 g/mol. The van der Waals surface area contributed by atoms with Crippen molar-refractivity contribution in [3.8, 4) is 11.1 Å². The minimum atomic E-state index is 0.110. The molecule has 0 radical (unpaired) electrons. The van der Waals surface area contributed by atoms with Crippen molar-refractivity contribution < 1.29 is 0 Å². The highest BCUT2D eigenvalue weighted by molar-refractivity contribution is 9.10. The highest BCUT2D eigenvalue weighted by Gasteiger charge is 2.37. The minimum Gasteiger partial charge on any atom is -0.0616 e. The Hall–Kier alpha value is -1.08. The molecule has 0 aromatic heterocycles. The molecular weight excluding hydrogens is 332 g/mol. The Morgan fingerprint density at radius 3 is 2.50 bits per heavy atom. The number of benzene rings is 2. The standard InChI is InChI=1S/C21H23Br/c1-21(2)18-10-6-9-16(14-7-4-3-5-8-14)20(18)17-12-11-15(22)13-19(17)21/h6,9-14H,3-5,7-8H2,1-2H3. The van der Waals surface area contributed by atoms with Crippen molar-refractivity contribution in [3.63, 3.8) is 0 Å².